The van der Waals surface area contributed by atoms with Gasteiger partial charge in [0, 0.05) is 0 Å². The van der Waals surface area contributed by atoms with Crippen LogP contribution in [0.25, 0.3) is 5.57 Å². The quantitative estimate of drug-likeness (QED) is 0.823. The third-order valence-corrected chi connectivity index (χ3v) is 5.28. The zero-order chi connectivity index (χ0) is 14.8. The molecule has 2 nitrogen and oxygen atoms in total. The first-order valence-electron chi connectivity index (χ1n) is 5.80. The van der Waals surface area contributed by atoms with E-state index in [4.69, 9.17) is 0 Å². The molecule has 0 aromatic heterocycles. The number of aliphatic carboxylic acids is 1. The maximum Gasteiger partial charge on any atom is 0.416 e. The molecule has 0 saturated carbocycles. The fourth-order valence-electron chi connectivity index (χ4n) is 1.75. The van der Waals surface area contributed by atoms with Crippen molar-refractivity contribution in [2.24, 2.45) is 0 Å². The summed E-state index contributed by atoms with van der Waals surface area (Å²) in [6, 6.07) is 4.47. The number of thioether (sulfide) groups is 2. The number of hydrogen-bond donors (Lipinski definition) is 1. The first-order chi connectivity index (χ1) is 9.39. The van der Waals surface area contributed by atoms with Gasteiger partial charge in [-0.2, -0.15) is 13.2 Å². The highest BCUT2D eigenvalue weighted by atomic mass is 32.2. The molecule has 1 saturated heterocycles. The minimum atomic E-state index is -4.48. The van der Waals surface area contributed by atoms with Crippen LogP contribution in [0.5, 0.6) is 0 Å². The van der Waals surface area contributed by atoms with Gasteiger partial charge in [-0.15, -0.1) is 23.5 Å². The second kappa shape index (κ2) is 6.13. The molecule has 0 bridgehead atoms. The first-order valence-corrected chi connectivity index (χ1v) is 7.77. The largest absolute Gasteiger partial charge is 0.478 e. The smallest absolute Gasteiger partial charge is 0.416 e. The van der Waals surface area contributed by atoms with Crippen molar-refractivity contribution in [3.05, 3.63) is 39.6 Å². The molecule has 1 N–H and O–H groups in total. The van der Waals surface area contributed by atoms with Crippen molar-refractivity contribution in [1.82, 2.24) is 0 Å². The lowest BCUT2D eigenvalue weighted by atomic mass is 10.0. The molecule has 0 unspecified atom stereocenters. The second-order valence-electron chi connectivity index (χ2n) is 4.10. The summed E-state index contributed by atoms with van der Waals surface area (Å²) in [5.41, 5.74) is -0.768. The molecular weight excluding hydrogens is 309 g/mol. The van der Waals surface area contributed by atoms with Gasteiger partial charge in [-0.3, -0.25) is 0 Å². The van der Waals surface area contributed by atoms with Crippen LogP contribution in [0.3, 0.4) is 0 Å². The van der Waals surface area contributed by atoms with Crippen LogP contribution >= 0.6 is 23.5 Å². The van der Waals surface area contributed by atoms with Crippen LogP contribution in [-0.2, 0) is 11.0 Å². The maximum atomic E-state index is 12.7. The lowest BCUT2D eigenvalue weighted by molar-refractivity contribution is -0.137. The van der Waals surface area contributed by atoms with E-state index in [0.29, 0.717) is 4.24 Å². The average Bonchev–Trinajstić information content (AvgIpc) is 2.39. The van der Waals surface area contributed by atoms with Crippen LogP contribution in [0, 0.1) is 0 Å². The Hall–Kier alpha value is -1.08. The molecule has 0 aliphatic carbocycles. The maximum absolute atomic E-state index is 12.7. The number of carboxylic acids is 1. The van der Waals surface area contributed by atoms with E-state index in [0.717, 1.165) is 30.1 Å². The van der Waals surface area contributed by atoms with Gasteiger partial charge in [0.15, 0.2) is 0 Å². The molecular formula is C13H11F3O2S2. The molecule has 0 radical (unpaired) electrons. The molecule has 0 atom stereocenters. The van der Waals surface area contributed by atoms with Crippen LogP contribution in [0.4, 0.5) is 13.2 Å². The SMILES string of the molecule is O=C(O)C(=C1SCCCS1)c1cccc(C(F)(F)F)c1. The third kappa shape index (κ3) is 3.52. The topological polar surface area (TPSA) is 37.3 Å². The van der Waals surface area contributed by atoms with Gasteiger partial charge in [0.25, 0.3) is 0 Å². The number of alkyl halides is 3. The molecule has 1 aromatic rings. The molecule has 0 amide bonds. The molecule has 108 valence electrons. The molecule has 2 rings (SSSR count). The Labute approximate surface area is 122 Å². The van der Waals surface area contributed by atoms with Gasteiger partial charge in [-0.25, -0.2) is 4.79 Å². The van der Waals surface area contributed by atoms with Crippen molar-refractivity contribution in [2.75, 3.05) is 11.5 Å². The summed E-state index contributed by atoms with van der Waals surface area (Å²) >= 11 is 2.78. The van der Waals surface area contributed by atoms with Gasteiger partial charge in [0.1, 0.15) is 0 Å². The van der Waals surface area contributed by atoms with Gasteiger partial charge in [-0.05, 0) is 35.6 Å². The van der Waals surface area contributed by atoms with Gasteiger partial charge >= 0.3 is 12.1 Å². The number of carbonyl (C=O) groups is 1. The Kier molecular flexibility index (Phi) is 4.70. The minimum absolute atomic E-state index is 0.0363. The summed E-state index contributed by atoms with van der Waals surface area (Å²) in [6.07, 6.45) is -3.51. The molecule has 1 aromatic carbocycles. The number of halogens is 3. The summed E-state index contributed by atoms with van der Waals surface area (Å²) in [6.45, 7) is 0. The van der Waals surface area contributed by atoms with E-state index in [1.807, 2.05) is 0 Å². The number of hydrogen-bond acceptors (Lipinski definition) is 3. The summed E-state index contributed by atoms with van der Waals surface area (Å²) in [4.78, 5) is 11.4. The zero-order valence-corrected chi connectivity index (χ0v) is 11.9. The van der Waals surface area contributed by atoms with Crippen LogP contribution in [0.2, 0.25) is 0 Å². The molecule has 1 fully saturated rings. The minimum Gasteiger partial charge on any atom is -0.478 e. The lowest BCUT2D eigenvalue weighted by Gasteiger charge is -2.17. The van der Waals surface area contributed by atoms with E-state index in [2.05, 4.69) is 0 Å². The number of carboxylic acid groups (broad SMARTS) is 1. The van der Waals surface area contributed by atoms with Gasteiger partial charge < -0.3 is 5.11 Å². The van der Waals surface area contributed by atoms with E-state index in [1.165, 1.54) is 35.7 Å². The highest BCUT2D eigenvalue weighted by Gasteiger charge is 2.31. The molecule has 0 spiro atoms. The second-order valence-corrected chi connectivity index (χ2v) is 6.57. The molecule has 1 aliphatic rings. The average molecular weight is 320 g/mol. The fourth-order valence-corrected chi connectivity index (χ4v) is 4.42. The van der Waals surface area contributed by atoms with Crippen LogP contribution in [0.15, 0.2) is 28.5 Å². The Morgan fingerprint density at radius 1 is 1.20 bits per heavy atom. The summed E-state index contributed by atoms with van der Waals surface area (Å²) in [7, 11) is 0. The first kappa shape index (κ1) is 15.3. The fraction of sp³-hybridized carbons (Fsp3) is 0.308. The number of benzene rings is 1. The van der Waals surface area contributed by atoms with E-state index in [9.17, 15) is 23.1 Å². The Balaban J connectivity index is 2.48. The van der Waals surface area contributed by atoms with Crippen molar-refractivity contribution in [1.29, 1.82) is 0 Å². The molecule has 20 heavy (non-hydrogen) atoms. The van der Waals surface area contributed by atoms with Gasteiger partial charge in [-0.1, -0.05) is 12.1 Å². The van der Waals surface area contributed by atoms with Gasteiger partial charge in [0.05, 0.1) is 15.4 Å². The highest BCUT2D eigenvalue weighted by molar-refractivity contribution is 8.23. The Bertz CT molecular complexity index is 545. The van der Waals surface area contributed by atoms with Crippen molar-refractivity contribution in [3.63, 3.8) is 0 Å². The predicted octanol–water partition coefficient (Wildman–Crippen LogP) is 4.33. The Morgan fingerprint density at radius 2 is 1.85 bits per heavy atom. The summed E-state index contributed by atoms with van der Waals surface area (Å²) < 4.78 is 38.7. The van der Waals surface area contributed by atoms with Crippen LogP contribution in [0.1, 0.15) is 17.5 Å². The molecule has 1 heterocycles. The molecule has 7 heteroatoms. The predicted molar refractivity (Wildman–Crippen MR) is 75.5 cm³/mol. The Morgan fingerprint density at radius 3 is 2.40 bits per heavy atom. The van der Waals surface area contributed by atoms with Gasteiger partial charge in [0.2, 0.25) is 0 Å². The van der Waals surface area contributed by atoms with E-state index >= 15 is 0 Å². The monoisotopic (exact) mass is 320 g/mol. The van der Waals surface area contributed by atoms with Crippen molar-refractivity contribution < 1.29 is 23.1 Å². The van der Waals surface area contributed by atoms with E-state index < -0.39 is 17.7 Å². The highest BCUT2D eigenvalue weighted by Crippen LogP contribution is 2.41. The van der Waals surface area contributed by atoms with E-state index in [1.54, 1.807) is 0 Å². The van der Waals surface area contributed by atoms with Crippen molar-refractivity contribution >= 4 is 35.1 Å². The van der Waals surface area contributed by atoms with E-state index in [-0.39, 0.29) is 11.1 Å². The standard InChI is InChI=1S/C13H11F3O2S2/c14-13(15,16)9-4-1-3-8(7-9)10(11(17)18)12-19-5-2-6-20-12/h1,3-4,7H,2,5-6H2,(H,17,18). The van der Waals surface area contributed by atoms with Crippen LogP contribution in [-0.4, -0.2) is 22.6 Å². The van der Waals surface area contributed by atoms with Crippen molar-refractivity contribution in [2.45, 2.75) is 12.6 Å². The zero-order valence-electron chi connectivity index (χ0n) is 10.2. The normalized spacial score (nSPS) is 16.1. The summed E-state index contributed by atoms with van der Waals surface area (Å²) in [5, 5.41) is 9.31. The lowest BCUT2D eigenvalue weighted by Crippen LogP contribution is -2.08. The number of rotatable bonds is 2. The summed E-state index contributed by atoms with van der Waals surface area (Å²) in [5.74, 6) is 0.386. The van der Waals surface area contributed by atoms with Crippen molar-refractivity contribution in [3.8, 4) is 0 Å². The van der Waals surface area contributed by atoms with Crippen LogP contribution < -0.4 is 0 Å². The molecule has 1 aliphatic heterocycles. The third-order valence-electron chi connectivity index (χ3n) is 2.65.